The number of nitrogens with zero attached hydrogens (tertiary/aromatic N) is 1. The van der Waals surface area contributed by atoms with E-state index in [2.05, 4.69) is 14.4 Å². The average molecular weight is 375 g/mol. The Labute approximate surface area is 150 Å². The predicted molar refractivity (Wildman–Crippen MR) is 99.5 cm³/mol. The van der Waals surface area contributed by atoms with Crippen molar-refractivity contribution in [1.82, 2.24) is 9.10 Å². The zero-order valence-corrected chi connectivity index (χ0v) is 15.3. The van der Waals surface area contributed by atoms with Crippen molar-refractivity contribution >= 4 is 43.2 Å². The highest BCUT2D eigenvalue weighted by Gasteiger charge is 2.16. The number of rotatable bonds is 5. The van der Waals surface area contributed by atoms with Crippen molar-refractivity contribution in [2.45, 2.75) is 24.8 Å². The van der Waals surface area contributed by atoms with Crippen molar-refractivity contribution in [3.05, 3.63) is 54.2 Å². The number of carbonyl (C=O) groups excluding carboxylic acids is 1. The summed E-state index contributed by atoms with van der Waals surface area (Å²) in [5.74, 6) is -0.302. The highest BCUT2D eigenvalue weighted by molar-refractivity contribution is 7.89. The normalized spacial score (nSPS) is 11.8. The van der Waals surface area contributed by atoms with Gasteiger partial charge in [-0.3, -0.25) is 4.79 Å². The van der Waals surface area contributed by atoms with E-state index in [0.717, 1.165) is 10.1 Å². The first-order valence-electron chi connectivity index (χ1n) is 7.63. The van der Waals surface area contributed by atoms with Gasteiger partial charge in [-0.15, -0.1) is 0 Å². The first-order valence-corrected chi connectivity index (χ1v) is 9.89. The van der Waals surface area contributed by atoms with Crippen LogP contribution < -0.4 is 10.0 Å². The second-order valence-electron chi connectivity index (χ2n) is 5.83. The number of hydrogen-bond donors (Lipinski definition) is 2. The van der Waals surface area contributed by atoms with Crippen molar-refractivity contribution in [2.75, 3.05) is 5.32 Å². The van der Waals surface area contributed by atoms with Crippen molar-refractivity contribution < 1.29 is 13.2 Å². The summed E-state index contributed by atoms with van der Waals surface area (Å²) in [5, 5.41) is 3.77. The lowest BCUT2D eigenvalue weighted by Crippen LogP contribution is -2.30. The van der Waals surface area contributed by atoms with E-state index in [4.69, 9.17) is 0 Å². The molecule has 1 heterocycles. The summed E-state index contributed by atoms with van der Waals surface area (Å²) in [7, 11) is -3.57. The van der Waals surface area contributed by atoms with Crippen LogP contribution in [0.5, 0.6) is 0 Å². The molecule has 2 aromatic carbocycles. The maximum atomic E-state index is 12.3. The lowest BCUT2D eigenvalue weighted by molar-refractivity contribution is 0.102. The molecule has 6 nitrogen and oxygen atoms in total. The lowest BCUT2D eigenvalue weighted by Gasteiger charge is -2.10. The van der Waals surface area contributed by atoms with Gasteiger partial charge in [-0.05, 0) is 67.8 Å². The Bertz CT molecular complexity index is 1010. The lowest BCUT2D eigenvalue weighted by atomic mass is 10.2. The molecule has 130 valence electrons. The number of benzene rings is 2. The number of fused-ring (bicyclic) bond motifs is 1. The summed E-state index contributed by atoms with van der Waals surface area (Å²) >= 11 is 1.39. The molecule has 1 amide bonds. The second kappa shape index (κ2) is 6.91. The Morgan fingerprint density at radius 1 is 1.12 bits per heavy atom. The minimum absolute atomic E-state index is 0.128. The number of anilines is 1. The molecule has 0 bridgehead atoms. The first-order chi connectivity index (χ1) is 11.8. The molecule has 0 unspecified atom stereocenters. The Morgan fingerprint density at radius 3 is 2.52 bits per heavy atom. The Morgan fingerprint density at radius 2 is 1.84 bits per heavy atom. The van der Waals surface area contributed by atoms with Gasteiger partial charge in [0.05, 0.1) is 9.60 Å². The van der Waals surface area contributed by atoms with Gasteiger partial charge in [0.15, 0.2) is 0 Å². The van der Waals surface area contributed by atoms with Crippen LogP contribution in [-0.4, -0.2) is 24.7 Å². The summed E-state index contributed by atoms with van der Waals surface area (Å²) < 4.78 is 31.8. The number of nitrogens with one attached hydrogen (secondary N) is 2. The fraction of sp³-hybridized carbons (Fsp3) is 0.176. The molecule has 0 aliphatic carbocycles. The van der Waals surface area contributed by atoms with E-state index in [0.29, 0.717) is 11.3 Å². The Balaban J connectivity index is 1.76. The van der Waals surface area contributed by atoms with Gasteiger partial charge >= 0.3 is 0 Å². The third kappa shape index (κ3) is 4.04. The summed E-state index contributed by atoms with van der Waals surface area (Å²) in [6, 6.07) is 11.2. The van der Waals surface area contributed by atoms with Crippen LogP contribution in [0, 0.1) is 0 Å². The molecule has 3 aromatic rings. The van der Waals surface area contributed by atoms with Crippen LogP contribution in [0.25, 0.3) is 10.1 Å². The van der Waals surface area contributed by atoms with Gasteiger partial charge in [-0.1, -0.05) is 0 Å². The zero-order valence-electron chi connectivity index (χ0n) is 13.7. The standard InChI is InChI=1S/C17H17N3O3S2/c1-11(2)20-25(22,23)15-6-3-12(4-7-15)17(21)19-14-5-8-16-13(9-14)10-18-24-16/h3-11,20H,1-2H3,(H,19,21). The molecule has 0 atom stereocenters. The molecule has 25 heavy (non-hydrogen) atoms. The van der Waals surface area contributed by atoms with Crippen molar-refractivity contribution in [2.24, 2.45) is 0 Å². The molecule has 0 radical (unpaired) electrons. The zero-order chi connectivity index (χ0) is 18.0. The smallest absolute Gasteiger partial charge is 0.255 e. The average Bonchev–Trinajstić information content (AvgIpc) is 3.01. The van der Waals surface area contributed by atoms with Crippen LogP contribution in [-0.2, 0) is 10.0 Å². The summed E-state index contributed by atoms with van der Waals surface area (Å²) in [5.41, 5.74) is 1.04. The molecule has 0 saturated heterocycles. The topological polar surface area (TPSA) is 88.2 Å². The number of aromatic nitrogens is 1. The predicted octanol–water partition coefficient (Wildman–Crippen LogP) is 3.24. The molecule has 0 aliphatic heterocycles. The number of sulfonamides is 1. The minimum Gasteiger partial charge on any atom is -0.322 e. The van der Waals surface area contributed by atoms with Crippen LogP contribution in [0.1, 0.15) is 24.2 Å². The Kier molecular flexibility index (Phi) is 4.85. The van der Waals surface area contributed by atoms with Gasteiger partial charge in [-0.25, -0.2) is 13.1 Å². The molecule has 0 spiro atoms. The molecule has 0 saturated carbocycles. The minimum atomic E-state index is -3.57. The highest BCUT2D eigenvalue weighted by atomic mass is 32.2. The quantitative estimate of drug-likeness (QED) is 0.717. The number of hydrogen-bond acceptors (Lipinski definition) is 5. The van der Waals surface area contributed by atoms with Gasteiger partial charge in [0.1, 0.15) is 0 Å². The fourth-order valence-electron chi connectivity index (χ4n) is 2.32. The van der Waals surface area contributed by atoms with Crippen LogP contribution in [0.2, 0.25) is 0 Å². The second-order valence-corrected chi connectivity index (χ2v) is 8.38. The molecule has 0 aliphatic rings. The molecular formula is C17H17N3O3S2. The van der Waals surface area contributed by atoms with Crippen molar-refractivity contribution in [1.29, 1.82) is 0 Å². The third-order valence-electron chi connectivity index (χ3n) is 3.43. The molecule has 0 fully saturated rings. The van der Waals surface area contributed by atoms with E-state index >= 15 is 0 Å². The maximum Gasteiger partial charge on any atom is 0.255 e. The molecule has 8 heteroatoms. The van der Waals surface area contributed by atoms with Gasteiger partial charge in [0.2, 0.25) is 10.0 Å². The van der Waals surface area contributed by atoms with Crippen LogP contribution in [0.3, 0.4) is 0 Å². The summed E-state index contributed by atoms with van der Waals surface area (Å²) in [4.78, 5) is 12.5. The molecule has 1 aromatic heterocycles. The van der Waals surface area contributed by atoms with E-state index in [-0.39, 0.29) is 16.8 Å². The maximum absolute atomic E-state index is 12.3. The summed E-state index contributed by atoms with van der Waals surface area (Å²) in [6.45, 7) is 3.50. The van der Waals surface area contributed by atoms with Crippen LogP contribution in [0.4, 0.5) is 5.69 Å². The van der Waals surface area contributed by atoms with Crippen LogP contribution >= 0.6 is 11.5 Å². The van der Waals surface area contributed by atoms with Gasteiger partial charge < -0.3 is 5.32 Å². The van der Waals surface area contributed by atoms with E-state index in [9.17, 15) is 13.2 Å². The molecular weight excluding hydrogens is 358 g/mol. The van der Waals surface area contributed by atoms with Gasteiger partial charge in [0, 0.05) is 28.9 Å². The highest BCUT2D eigenvalue weighted by Crippen LogP contribution is 2.22. The first kappa shape index (κ1) is 17.5. The van der Waals surface area contributed by atoms with E-state index < -0.39 is 10.0 Å². The third-order valence-corrected chi connectivity index (χ3v) is 5.88. The molecule has 3 rings (SSSR count). The number of carbonyl (C=O) groups is 1. The van der Waals surface area contributed by atoms with Gasteiger partial charge in [-0.2, -0.15) is 4.37 Å². The monoisotopic (exact) mass is 375 g/mol. The van der Waals surface area contributed by atoms with Crippen molar-refractivity contribution in [3.8, 4) is 0 Å². The van der Waals surface area contributed by atoms with Crippen molar-refractivity contribution in [3.63, 3.8) is 0 Å². The van der Waals surface area contributed by atoms with Crippen LogP contribution in [0.15, 0.2) is 53.6 Å². The number of amides is 1. The summed E-state index contributed by atoms with van der Waals surface area (Å²) in [6.07, 6.45) is 1.75. The largest absolute Gasteiger partial charge is 0.322 e. The van der Waals surface area contributed by atoms with E-state index in [1.165, 1.54) is 35.8 Å². The van der Waals surface area contributed by atoms with Gasteiger partial charge in [0.25, 0.3) is 5.91 Å². The SMILES string of the molecule is CC(C)NS(=O)(=O)c1ccc(C(=O)Nc2ccc3sncc3c2)cc1. The van der Waals surface area contributed by atoms with E-state index in [1.54, 1.807) is 20.0 Å². The Hall–Kier alpha value is -2.29. The van der Waals surface area contributed by atoms with E-state index in [1.807, 2.05) is 18.2 Å². The fourth-order valence-corrected chi connectivity index (χ4v) is 4.19. The molecule has 2 N–H and O–H groups in total.